The van der Waals surface area contributed by atoms with Gasteiger partial charge in [-0.2, -0.15) is 0 Å². The third-order valence-corrected chi connectivity index (χ3v) is 5.71. The highest BCUT2D eigenvalue weighted by Crippen LogP contribution is 2.22. The highest BCUT2D eigenvalue weighted by atomic mass is 35.5. The topological polar surface area (TPSA) is 92.6 Å². The molecule has 1 atom stereocenters. The molecule has 0 fully saturated rings. The largest absolute Gasteiger partial charge is 0.352 e. The van der Waals surface area contributed by atoms with Gasteiger partial charge in [0.1, 0.15) is 6.04 Å². The molecule has 3 aromatic carbocycles. The molecule has 0 saturated carbocycles. The van der Waals surface area contributed by atoms with Gasteiger partial charge in [0.2, 0.25) is 11.8 Å². The Morgan fingerprint density at radius 2 is 1.63 bits per heavy atom. The van der Waals surface area contributed by atoms with Crippen LogP contribution in [0.4, 0.5) is 5.69 Å². The molecule has 0 aliphatic rings. The van der Waals surface area contributed by atoms with E-state index >= 15 is 0 Å². The molecule has 8 heteroatoms. The molecule has 7 nitrogen and oxygen atoms in total. The minimum absolute atomic E-state index is 0.126. The summed E-state index contributed by atoms with van der Waals surface area (Å²) in [4.78, 5) is 39.5. The molecule has 3 rings (SSSR count). The number of rotatable bonds is 10. The lowest BCUT2D eigenvalue weighted by Crippen LogP contribution is -2.52. The zero-order valence-electron chi connectivity index (χ0n) is 19.7. The van der Waals surface area contributed by atoms with Gasteiger partial charge in [-0.25, -0.2) is 0 Å². The predicted molar refractivity (Wildman–Crippen MR) is 136 cm³/mol. The summed E-state index contributed by atoms with van der Waals surface area (Å²) < 4.78 is 0. The van der Waals surface area contributed by atoms with Crippen molar-refractivity contribution in [2.24, 2.45) is 0 Å². The van der Waals surface area contributed by atoms with Gasteiger partial charge in [0.15, 0.2) is 0 Å². The van der Waals surface area contributed by atoms with Crippen molar-refractivity contribution in [1.29, 1.82) is 0 Å². The van der Waals surface area contributed by atoms with Crippen LogP contribution in [0.2, 0.25) is 5.02 Å². The minimum atomic E-state index is -0.825. The Bertz CT molecular complexity index is 1180. The van der Waals surface area contributed by atoms with E-state index in [0.29, 0.717) is 17.0 Å². The lowest BCUT2D eigenvalue weighted by Gasteiger charge is -2.32. The lowest BCUT2D eigenvalue weighted by molar-refractivity contribution is -0.385. The number of nitrogens with zero attached hydrogens (tertiary/aromatic N) is 2. The standard InChI is InChI=1S/C27H28ClN3O4/c1-19(2)29-27(33)25(16-20-9-4-3-5-10-20)30(18-21-11-8-13-23(28)15-21)26(32)17-22-12-6-7-14-24(22)31(34)35/h3-15,19,25H,16-18H2,1-2H3,(H,29,33)/t25-/m0/s1. The van der Waals surface area contributed by atoms with Gasteiger partial charge in [0.25, 0.3) is 5.69 Å². The molecule has 2 amide bonds. The third-order valence-electron chi connectivity index (χ3n) is 5.47. The van der Waals surface area contributed by atoms with Crippen LogP contribution in [0.15, 0.2) is 78.9 Å². The van der Waals surface area contributed by atoms with Crippen molar-refractivity contribution in [3.05, 3.63) is 111 Å². The van der Waals surface area contributed by atoms with Gasteiger partial charge >= 0.3 is 0 Å². The van der Waals surface area contributed by atoms with Crippen LogP contribution in [-0.4, -0.2) is 33.7 Å². The number of nitro groups is 1. The molecular formula is C27H28ClN3O4. The van der Waals surface area contributed by atoms with Gasteiger partial charge in [-0.1, -0.05) is 72.3 Å². The van der Waals surface area contributed by atoms with Gasteiger partial charge in [-0.15, -0.1) is 0 Å². The molecule has 182 valence electrons. The molecule has 0 spiro atoms. The van der Waals surface area contributed by atoms with Gasteiger partial charge in [0, 0.05) is 35.7 Å². The maximum atomic E-state index is 13.7. The molecule has 0 aliphatic carbocycles. The number of halogens is 1. The van der Waals surface area contributed by atoms with E-state index in [4.69, 9.17) is 11.6 Å². The van der Waals surface area contributed by atoms with Crippen molar-refractivity contribution in [3.8, 4) is 0 Å². The van der Waals surface area contributed by atoms with Crippen LogP contribution >= 0.6 is 11.6 Å². The van der Waals surface area contributed by atoms with Crippen LogP contribution < -0.4 is 5.32 Å². The quantitative estimate of drug-likeness (QED) is 0.319. The molecule has 0 bridgehead atoms. The number of nitro benzene ring substituents is 1. The fourth-order valence-corrected chi connectivity index (χ4v) is 4.08. The minimum Gasteiger partial charge on any atom is -0.352 e. The second kappa shape index (κ2) is 12.1. The van der Waals surface area contributed by atoms with E-state index < -0.39 is 11.0 Å². The summed E-state index contributed by atoms with van der Waals surface area (Å²) >= 11 is 6.18. The SMILES string of the molecule is CC(C)NC(=O)[C@H](Cc1ccccc1)N(Cc1cccc(Cl)c1)C(=O)Cc1ccccc1[N+](=O)[O-]. The van der Waals surface area contributed by atoms with Crippen LogP contribution in [0.3, 0.4) is 0 Å². The van der Waals surface area contributed by atoms with Crippen LogP contribution in [0.1, 0.15) is 30.5 Å². The van der Waals surface area contributed by atoms with Gasteiger partial charge in [-0.05, 0) is 37.1 Å². The Morgan fingerprint density at radius 3 is 2.29 bits per heavy atom. The first-order chi connectivity index (χ1) is 16.7. The van der Waals surface area contributed by atoms with E-state index in [1.807, 2.05) is 50.2 Å². The second-order valence-electron chi connectivity index (χ2n) is 8.58. The summed E-state index contributed by atoms with van der Waals surface area (Å²) in [6.45, 7) is 3.84. The maximum Gasteiger partial charge on any atom is 0.273 e. The van der Waals surface area contributed by atoms with Crippen molar-refractivity contribution in [2.75, 3.05) is 0 Å². The summed E-state index contributed by atoms with van der Waals surface area (Å²) in [5, 5.41) is 14.9. The summed E-state index contributed by atoms with van der Waals surface area (Å²) in [6, 6.07) is 21.7. The molecule has 0 saturated heterocycles. The van der Waals surface area contributed by atoms with Crippen LogP contribution in [0.25, 0.3) is 0 Å². The predicted octanol–water partition coefficient (Wildman–Crippen LogP) is 4.96. The van der Waals surface area contributed by atoms with E-state index in [9.17, 15) is 19.7 Å². The van der Waals surface area contributed by atoms with Gasteiger partial charge in [-0.3, -0.25) is 19.7 Å². The Balaban J connectivity index is 2.01. The number of carbonyl (C=O) groups is 2. The smallest absolute Gasteiger partial charge is 0.273 e. The monoisotopic (exact) mass is 493 g/mol. The number of nitrogens with one attached hydrogen (secondary N) is 1. The number of amides is 2. The average Bonchev–Trinajstić information content (AvgIpc) is 2.81. The summed E-state index contributed by atoms with van der Waals surface area (Å²) in [5.74, 6) is -0.680. The Hall–Kier alpha value is -3.71. The summed E-state index contributed by atoms with van der Waals surface area (Å²) in [6.07, 6.45) is 0.0839. The molecule has 0 unspecified atom stereocenters. The number of hydrogen-bond donors (Lipinski definition) is 1. The number of benzene rings is 3. The van der Waals surface area contributed by atoms with Crippen molar-refractivity contribution in [1.82, 2.24) is 10.2 Å². The van der Waals surface area contributed by atoms with Gasteiger partial charge in [0.05, 0.1) is 11.3 Å². The van der Waals surface area contributed by atoms with Crippen LogP contribution in [0, 0.1) is 10.1 Å². The Morgan fingerprint density at radius 1 is 0.971 bits per heavy atom. The molecule has 0 aliphatic heterocycles. The van der Waals surface area contributed by atoms with Crippen LogP contribution in [0.5, 0.6) is 0 Å². The molecule has 0 aromatic heterocycles. The zero-order chi connectivity index (χ0) is 25.4. The normalized spacial score (nSPS) is 11.7. The summed E-state index contributed by atoms with van der Waals surface area (Å²) in [5.41, 5.74) is 1.81. The first kappa shape index (κ1) is 25.9. The first-order valence-electron chi connectivity index (χ1n) is 11.3. The molecule has 35 heavy (non-hydrogen) atoms. The van der Waals surface area contributed by atoms with E-state index in [1.54, 1.807) is 36.4 Å². The number of hydrogen-bond acceptors (Lipinski definition) is 4. The van der Waals surface area contributed by atoms with E-state index in [-0.39, 0.29) is 36.5 Å². The number of para-hydroxylation sites is 1. The Labute approximate surface area is 209 Å². The average molecular weight is 494 g/mol. The molecular weight excluding hydrogens is 466 g/mol. The highest BCUT2D eigenvalue weighted by molar-refractivity contribution is 6.30. The summed E-state index contributed by atoms with van der Waals surface area (Å²) in [7, 11) is 0. The third kappa shape index (κ3) is 7.39. The van der Waals surface area contributed by atoms with Crippen molar-refractivity contribution in [3.63, 3.8) is 0 Å². The molecule has 0 heterocycles. The van der Waals surface area contributed by atoms with Crippen molar-refractivity contribution >= 4 is 29.1 Å². The second-order valence-corrected chi connectivity index (χ2v) is 9.02. The van der Waals surface area contributed by atoms with E-state index in [1.165, 1.54) is 11.0 Å². The van der Waals surface area contributed by atoms with E-state index in [0.717, 1.165) is 11.1 Å². The van der Waals surface area contributed by atoms with Crippen LogP contribution in [-0.2, 0) is 29.0 Å². The molecule has 0 radical (unpaired) electrons. The first-order valence-corrected chi connectivity index (χ1v) is 11.7. The number of carbonyl (C=O) groups excluding carboxylic acids is 2. The fraction of sp³-hybridized carbons (Fsp3) is 0.259. The van der Waals surface area contributed by atoms with E-state index in [2.05, 4.69) is 5.32 Å². The van der Waals surface area contributed by atoms with Crippen molar-refractivity contribution in [2.45, 2.75) is 45.3 Å². The zero-order valence-corrected chi connectivity index (χ0v) is 20.4. The maximum absolute atomic E-state index is 13.7. The highest BCUT2D eigenvalue weighted by Gasteiger charge is 2.31. The molecule has 3 aromatic rings. The molecule has 1 N–H and O–H groups in total. The van der Waals surface area contributed by atoms with Crippen molar-refractivity contribution < 1.29 is 14.5 Å². The lowest BCUT2D eigenvalue weighted by atomic mass is 10.0. The fourth-order valence-electron chi connectivity index (χ4n) is 3.87. The Kier molecular flexibility index (Phi) is 8.98. The van der Waals surface area contributed by atoms with Gasteiger partial charge < -0.3 is 10.2 Å².